The largest absolute Gasteiger partial charge is 0.505 e. The summed E-state index contributed by atoms with van der Waals surface area (Å²) in [4.78, 5) is 54.3. The van der Waals surface area contributed by atoms with E-state index in [1.165, 1.54) is 36.2 Å². The second-order valence-corrected chi connectivity index (χ2v) is 12.1. The van der Waals surface area contributed by atoms with E-state index in [0.717, 1.165) is 16.6 Å². The number of halogens is 4. The van der Waals surface area contributed by atoms with E-state index >= 15 is 0 Å². The van der Waals surface area contributed by atoms with Gasteiger partial charge in [-0.1, -0.05) is 6.92 Å². The molecule has 0 unspecified atom stereocenters. The number of benzene rings is 1. The molecule has 5 heterocycles. The maximum Gasteiger partial charge on any atom is 0.416 e. The van der Waals surface area contributed by atoms with E-state index in [0.29, 0.717) is 25.1 Å². The molecule has 3 aromatic heterocycles. The summed E-state index contributed by atoms with van der Waals surface area (Å²) in [6.45, 7) is 4.32. The van der Waals surface area contributed by atoms with E-state index in [1.54, 1.807) is 14.4 Å². The molecular formula is C32H35F4N9O4. The van der Waals surface area contributed by atoms with Crippen molar-refractivity contribution in [1.82, 2.24) is 29.0 Å². The molecule has 0 spiro atoms. The Balaban J connectivity index is 1.35. The molecular weight excluding hydrogens is 650 g/mol. The van der Waals surface area contributed by atoms with Crippen molar-refractivity contribution >= 4 is 34.9 Å². The van der Waals surface area contributed by atoms with Gasteiger partial charge in [0.25, 0.3) is 11.5 Å². The number of hydrogen-bond acceptors (Lipinski definition) is 9. The van der Waals surface area contributed by atoms with Crippen molar-refractivity contribution in [3.8, 4) is 5.75 Å². The van der Waals surface area contributed by atoms with Crippen molar-refractivity contribution in [2.75, 3.05) is 54.4 Å². The van der Waals surface area contributed by atoms with Crippen LogP contribution in [0.4, 0.5) is 34.9 Å². The van der Waals surface area contributed by atoms with Crippen LogP contribution in [0.5, 0.6) is 5.75 Å². The number of piperazine rings is 1. The third-order valence-electron chi connectivity index (χ3n) is 8.80. The highest BCUT2D eigenvalue weighted by molar-refractivity contribution is 5.95. The molecule has 6 rings (SSSR count). The van der Waals surface area contributed by atoms with Gasteiger partial charge in [0.1, 0.15) is 24.2 Å². The molecule has 0 saturated carbocycles. The minimum Gasteiger partial charge on any atom is -0.505 e. The van der Waals surface area contributed by atoms with Gasteiger partial charge >= 0.3 is 6.18 Å². The molecule has 0 bridgehead atoms. The predicted octanol–water partition coefficient (Wildman–Crippen LogP) is 3.42. The van der Waals surface area contributed by atoms with Gasteiger partial charge in [-0.15, -0.1) is 5.10 Å². The van der Waals surface area contributed by atoms with Crippen molar-refractivity contribution < 1.29 is 32.3 Å². The Morgan fingerprint density at radius 2 is 1.84 bits per heavy atom. The third kappa shape index (κ3) is 6.73. The summed E-state index contributed by atoms with van der Waals surface area (Å²) in [5.41, 5.74) is -0.307. The summed E-state index contributed by atoms with van der Waals surface area (Å²) in [5, 5.41) is 17.3. The molecule has 260 valence electrons. The number of carbonyl (C=O) groups is 2. The van der Waals surface area contributed by atoms with Crippen LogP contribution < -0.4 is 20.7 Å². The maximum absolute atomic E-state index is 14.3. The van der Waals surface area contributed by atoms with Crippen LogP contribution in [0.2, 0.25) is 0 Å². The lowest BCUT2D eigenvalue weighted by Gasteiger charge is -2.36. The molecule has 49 heavy (non-hydrogen) atoms. The lowest BCUT2D eigenvalue weighted by Crippen LogP contribution is -2.51. The van der Waals surface area contributed by atoms with Crippen LogP contribution in [0.1, 0.15) is 47.1 Å². The van der Waals surface area contributed by atoms with Crippen LogP contribution in [-0.2, 0) is 23.9 Å². The molecule has 4 aromatic rings. The Labute approximate surface area is 277 Å². The first-order chi connectivity index (χ1) is 23.3. The van der Waals surface area contributed by atoms with Gasteiger partial charge in [0.05, 0.1) is 17.8 Å². The van der Waals surface area contributed by atoms with Crippen LogP contribution in [0, 0.1) is 6.92 Å². The van der Waals surface area contributed by atoms with Gasteiger partial charge in [-0.3, -0.25) is 14.4 Å². The molecule has 1 atom stereocenters. The lowest BCUT2D eigenvalue weighted by molar-refractivity contribution is -0.137. The Morgan fingerprint density at radius 3 is 2.49 bits per heavy atom. The summed E-state index contributed by atoms with van der Waals surface area (Å²) in [5.74, 6) is -1.08. The van der Waals surface area contributed by atoms with Crippen molar-refractivity contribution in [2.45, 2.75) is 52.0 Å². The molecule has 1 aromatic carbocycles. The van der Waals surface area contributed by atoms with Gasteiger partial charge in [0.15, 0.2) is 5.69 Å². The average Bonchev–Trinajstić information content (AvgIpc) is 3.53. The Hall–Kier alpha value is -5.22. The number of hydrogen-bond donors (Lipinski definition) is 2. The topological polar surface area (TPSA) is 141 Å². The SMILES string of the molecule is CCc1c(N2CCN(C(=O)c3ncccc3O)CC2)c(=O)n2nc(N3CCC[C@@H](F)C3)nc2n1CC(=O)Nc1ccc(C(F)(F)F)cc1C. The van der Waals surface area contributed by atoms with Gasteiger partial charge in [-0.2, -0.15) is 22.7 Å². The van der Waals surface area contributed by atoms with Crippen LogP contribution in [0.25, 0.3) is 5.78 Å². The number of pyridine rings is 1. The molecule has 2 aliphatic heterocycles. The fourth-order valence-electron chi connectivity index (χ4n) is 6.32. The first-order valence-corrected chi connectivity index (χ1v) is 15.9. The number of carbonyl (C=O) groups excluding carboxylic acids is 2. The molecule has 13 nitrogen and oxygen atoms in total. The van der Waals surface area contributed by atoms with Gasteiger partial charge in [0, 0.05) is 44.6 Å². The summed E-state index contributed by atoms with van der Waals surface area (Å²) in [6.07, 6.45) is -2.96. The lowest BCUT2D eigenvalue weighted by atomic mass is 10.1. The number of nitrogens with zero attached hydrogens (tertiary/aromatic N) is 8. The first kappa shape index (κ1) is 33.7. The quantitative estimate of drug-likeness (QED) is 0.280. The van der Waals surface area contributed by atoms with Gasteiger partial charge in [-0.25, -0.2) is 9.37 Å². The van der Waals surface area contributed by atoms with Crippen LogP contribution >= 0.6 is 0 Å². The molecule has 2 amide bonds. The van der Waals surface area contributed by atoms with Crippen molar-refractivity contribution in [1.29, 1.82) is 0 Å². The molecule has 0 aliphatic carbocycles. The van der Waals surface area contributed by atoms with Gasteiger partial charge < -0.3 is 29.7 Å². The zero-order chi connectivity index (χ0) is 35.0. The average molecular weight is 686 g/mol. The Kier molecular flexibility index (Phi) is 9.18. The number of rotatable bonds is 7. The maximum atomic E-state index is 14.3. The molecule has 2 N–H and O–H groups in total. The Morgan fingerprint density at radius 1 is 1.08 bits per heavy atom. The molecule has 17 heteroatoms. The zero-order valence-electron chi connectivity index (χ0n) is 26.9. The number of alkyl halides is 4. The fraction of sp³-hybridized carbons (Fsp3) is 0.438. The highest BCUT2D eigenvalue weighted by Gasteiger charge is 2.32. The highest BCUT2D eigenvalue weighted by Crippen LogP contribution is 2.32. The number of aryl methyl sites for hydroxylation is 1. The van der Waals surface area contributed by atoms with E-state index in [-0.39, 0.29) is 85.8 Å². The van der Waals surface area contributed by atoms with E-state index in [1.807, 2.05) is 6.92 Å². The van der Waals surface area contributed by atoms with Crippen molar-refractivity contribution in [2.24, 2.45) is 0 Å². The van der Waals surface area contributed by atoms with Crippen molar-refractivity contribution in [3.05, 3.63) is 69.4 Å². The molecule has 2 fully saturated rings. The van der Waals surface area contributed by atoms with E-state index in [4.69, 9.17) is 0 Å². The number of piperidine rings is 1. The Bertz CT molecular complexity index is 1950. The van der Waals surface area contributed by atoms with Crippen LogP contribution in [0.15, 0.2) is 41.3 Å². The second kappa shape index (κ2) is 13.4. The van der Waals surface area contributed by atoms with E-state index in [9.17, 15) is 37.1 Å². The zero-order valence-corrected chi connectivity index (χ0v) is 26.9. The smallest absolute Gasteiger partial charge is 0.416 e. The minimum absolute atomic E-state index is 0.0497. The standard InChI is InChI=1S/C32H35F4N9O4/c1-3-23-27(41-12-14-42(15-13-41)28(48)26-24(46)7-4-10-37-26)29(49)45-31(39-30(40-45)43-11-5-6-21(33)17-43)44(23)18-25(47)38-22-9-8-20(16-19(22)2)32(34,35)36/h4,7-10,16,21,46H,3,5-6,11-15,17-18H2,1-2H3,(H,38,47)/t21-/m1/s1. The first-order valence-electron chi connectivity index (χ1n) is 15.9. The summed E-state index contributed by atoms with van der Waals surface area (Å²) < 4.78 is 56.7. The third-order valence-corrected chi connectivity index (χ3v) is 8.80. The molecule has 2 saturated heterocycles. The normalized spacial score (nSPS) is 17.1. The minimum atomic E-state index is -4.54. The fourth-order valence-corrected chi connectivity index (χ4v) is 6.32. The highest BCUT2D eigenvalue weighted by atomic mass is 19.4. The predicted molar refractivity (Wildman–Crippen MR) is 172 cm³/mol. The van der Waals surface area contributed by atoms with Crippen LogP contribution in [-0.4, -0.2) is 91.4 Å². The van der Waals surface area contributed by atoms with Crippen LogP contribution in [0.3, 0.4) is 0 Å². The monoisotopic (exact) mass is 685 g/mol. The van der Waals surface area contributed by atoms with Gasteiger partial charge in [0.2, 0.25) is 17.6 Å². The number of anilines is 3. The second-order valence-electron chi connectivity index (χ2n) is 12.1. The number of nitrogens with one attached hydrogen (secondary N) is 1. The number of amides is 2. The van der Waals surface area contributed by atoms with Crippen molar-refractivity contribution in [3.63, 3.8) is 0 Å². The van der Waals surface area contributed by atoms with E-state index < -0.39 is 35.3 Å². The van der Waals surface area contributed by atoms with Gasteiger partial charge in [-0.05, 0) is 62.1 Å². The summed E-state index contributed by atoms with van der Waals surface area (Å²) >= 11 is 0. The molecule has 2 aliphatic rings. The number of aromatic hydroxyl groups is 1. The van der Waals surface area contributed by atoms with E-state index in [2.05, 4.69) is 20.4 Å². The number of aromatic nitrogens is 5. The summed E-state index contributed by atoms with van der Waals surface area (Å²) in [7, 11) is 0. The summed E-state index contributed by atoms with van der Waals surface area (Å²) in [6, 6.07) is 5.91. The molecule has 0 radical (unpaired) electrons. The number of fused-ring (bicyclic) bond motifs is 1.